The summed E-state index contributed by atoms with van der Waals surface area (Å²) in [5.74, 6) is 0.437. The van der Waals surface area contributed by atoms with E-state index >= 15 is 0 Å². The van der Waals surface area contributed by atoms with Crippen LogP contribution in [0.25, 0.3) is 11.3 Å². The minimum absolute atomic E-state index is 0.194. The molecule has 0 aliphatic carbocycles. The van der Waals surface area contributed by atoms with Crippen LogP contribution in [0.4, 0.5) is 4.39 Å². The van der Waals surface area contributed by atoms with Crippen molar-refractivity contribution < 1.29 is 4.39 Å². The second-order valence-corrected chi connectivity index (χ2v) is 6.38. The molecule has 1 aromatic carbocycles. The highest BCUT2D eigenvalue weighted by atomic mass is 35.5. The normalized spacial score (nSPS) is 11.8. The van der Waals surface area contributed by atoms with Gasteiger partial charge in [-0.1, -0.05) is 32.4 Å². The van der Waals surface area contributed by atoms with E-state index in [0.717, 1.165) is 22.4 Å². The van der Waals surface area contributed by atoms with Gasteiger partial charge in [0, 0.05) is 16.5 Å². The maximum Gasteiger partial charge on any atom is 0.136 e. The van der Waals surface area contributed by atoms with E-state index in [4.69, 9.17) is 11.6 Å². The van der Waals surface area contributed by atoms with Crippen molar-refractivity contribution in [3.8, 4) is 11.3 Å². The van der Waals surface area contributed by atoms with Crippen LogP contribution in [0.1, 0.15) is 37.7 Å². The molecule has 0 aliphatic rings. The number of aryl methyl sites for hydroxylation is 1. The predicted octanol–water partition coefficient (Wildman–Crippen LogP) is 4.85. The van der Waals surface area contributed by atoms with Gasteiger partial charge in [0.25, 0.3) is 0 Å². The van der Waals surface area contributed by atoms with Crippen LogP contribution in [0.3, 0.4) is 0 Å². The minimum atomic E-state index is -0.250. The molecule has 1 aromatic heterocycles. The number of rotatable bonds is 1. The molecular weight excluding hydrogens is 275 g/mol. The van der Waals surface area contributed by atoms with Crippen LogP contribution in [0.15, 0.2) is 18.2 Å². The Hall–Kier alpha value is -1.48. The van der Waals surface area contributed by atoms with Crippen molar-refractivity contribution in [1.29, 1.82) is 0 Å². The molecule has 0 fully saturated rings. The van der Waals surface area contributed by atoms with Crippen LogP contribution in [0.2, 0.25) is 5.15 Å². The zero-order valence-corrected chi connectivity index (χ0v) is 13.1. The topological polar surface area (TPSA) is 25.8 Å². The van der Waals surface area contributed by atoms with Gasteiger partial charge in [0.2, 0.25) is 0 Å². The van der Waals surface area contributed by atoms with Crippen molar-refractivity contribution in [2.24, 2.45) is 0 Å². The fraction of sp³-hybridized carbons (Fsp3) is 0.375. The summed E-state index contributed by atoms with van der Waals surface area (Å²) in [6.45, 7) is 9.86. The molecule has 106 valence electrons. The van der Waals surface area contributed by atoms with Gasteiger partial charge in [-0.3, -0.25) is 0 Å². The maximum absolute atomic E-state index is 13.3. The lowest BCUT2D eigenvalue weighted by molar-refractivity contribution is 0.545. The standard InChI is InChI=1S/C16H18ClFN2/c1-9-8-11(18)6-7-12(9)13-10(2)14(17)20-15(19-13)16(3,4)5/h6-8H,1-5H3. The minimum Gasteiger partial charge on any atom is -0.232 e. The monoisotopic (exact) mass is 292 g/mol. The quantitative estimate of drug-likeness (QED) is 0.702. The van der Waals surface area contributed by atoms with E-state index in [-0.39, 0.29) is 11.2 Å². The van der Waals surface area contributed by atoms with E-state index in [1.54, 1.807) is 6.07 Å². The Kier molecular flexibility index (Phi) is 3.83. The molecule has 0 amide bonds. The van der Waals surface area contributed by atoms with Gasteiger partial charge in [-0.25, -0.2) is 14.4 Å². The Morgan fingerprint density at radius 2 is 1.75 bits per heavy atom. The fourth-order valence-corrected chi connectivity index (χ4v) is 2.15. The Morgan fingerprint density at radius 1 is 1.10 bits per heavy atom. The summed E-state index contributed by atoms with van der Waals surface area (Å²) in [6, 6.07) is 4.68. The second kappa shape index (κ2) is 5.13. The van der Waals surface area contributed by atoms with Crippen LogP contribution in [-0.4, -0.2) is 9.97 Å². The van der Waals surface area contributed by atoms with E-state index < -0.39 is 0 Å². The molecule has 2 aromatic rings. The van der Waals surface area contributed by atoms with Gasteiger partial charge in [0.1, 0.15) is 16.8 Å². The number of halogens is 2. The smallest absolute Gasteiger partial charge is 0.136 e. The first-order valence-corrected chi connectivity index (χ1v) is 6.89. The van der Waals surface area contributed by atoms with E-state index in [1.165, 1.54) is 12.1 Å². The molecule has 0 spiro atoms. The van der Waals surface area contributed by atoms with Gasteiger partial charge < -0.3 is 0 Å². The molecule has 0 unspecified atom stereocenters. The molecule has 0 bridgehead atoms. The molecular formula is C16H18ClFN2. The molecule has 4 heteroatoms. The summed E-state index contributed by atoms with van der Waals surface area (Å²) < 4.78 is 13.3. The van der Waals surface area contributed by atoms with Crippen molar-refractivity contribution in [3.63, 3.8) is 0 Å². The average molecular weight is 293 g/mol. The van der Waals surface area contributed by atoms with Gasteiger partial charge in [-0.05, 0) is 37.6 Å². The maximum atomic E-state index is 13.3. The first-order valence-electron chi connectivity index (χ1n) is 6.51. The molecule has 0 saturated carbocycles. The third kappa shape index (κ3) is 2.83. The molecule has 2 rings (SSSR count). The van der Waals surface area contributed by atoms with Crippen molar-refractivity contribution >= 4 is 11.6 Å². The summed E-state index contributed by atoms with van der Waals surface area (Å²) in [5.41, 5.74) is 3.11. The van der Waals surface area contributed by atoms with Crippen LogP contribution in [0, 0.1) is 19.7 Å². The van der Waals surface area contributed by atoms with Crippen LogP contribution in [-0.2, 0) is 5.41 Å². The highest BCUT2D eigenvalue weighted by Gasteiger charge is 2.21. The van der Waals surface area contributed by atoms with E-state index in [2.05, 4.69) is 9.97 Å². The largest absolute Gasteiger partial charge is 0.232 e. The first kappa shape index (κ1) is 14.9. The predicted molar refractivity (Wildman–Crippen MR) is 80.6 cm³/mol. The zero-order valence-electron chi connectivity index (χ0n) is 12.4. The number of hydrogen-bond acceptors (Lipinski definition) is 2. The summed E-state index contributed by atoms with van der Waals surface area (Å²) in [5, 5.41) is 0.448. The van der Waals surface area contributed by atoms with Crippen molar-refractivity contribution in [2.45, 2.75) is 40.0 Å². The Labute approximate surface area is 124 Å². The summed E-state index contributed by atoms with van der Waals surface area (Å²) in [6.07, 6.45) is 0. The van der Waals surface area contributed by atoms with E-state index in [9.17, 15) is 4.39 Å². The van der Waals surface area contributed by atoms with Crippen LogP contribution < -0.4 is 0 Å². The van der Waals surface area contributed by atoms with Gasteiger partial charge in [-0.2, -0.15) is 0 Å². The molecule has 0 radical (unpaired) electrons. The highest BCUT2D eigenvalue weighted by molar-refractivity contribution is 6.30. The van der Waals surface area contributed by atoms with Gasteiger partial charge in [0.15, 0.2) is 0 Å². The number of aromatic nitrogens is 2. The average Bonchev–Trinajstić information content (AvgIpc) is 2.32. The molecule has 0 N–H and O–H groups in total. The van der Waals surface area contributed by atoms with E-state index in [1.807, 2.05) is 34.6 Å². The molecule has 0 aliphatic heterocycles. The lowest BCUT2D eigenvalue weighted by atomic mass is 9.94. The molecule has 0 saturated heterocycles. The van der Waals surface area contributed by atoms with Crippen LogP contribution in [0.5, 0.6) is 0 Å². The summed E-state index contributed by atoms with van der Waals surface area (Å²) in [7, 11) is 0. The molecule has 2 nitrogen and oxygen atoms in total. The van der Waals surface area contributed by atoms with E-state index in [0.29, 0.717) is 11.0 Å². The lowest BCUT2D eigenvalue weighted by Gasteiger charge is -2.19. The fourth-order valence-electron chi connectivity index (χ4n) is 1.98. The lowest BCUT2D eigenvalue weighted by Crippen LogP contribution is -2.17. The summed E-state index contributed by atoms with van der Waals surface area (Å²) >= 11 is 6.23. The van der Waals surface area contributed by atoms with Gasteiger partial charge >= 0.3 is 0 Å². The number of benzene rings is 1. The number of nitrogens with zero attached hydrogens (tertiary/aromatic N) is 2. The Bertz CT molecular complexity index is 660. The Balaban J connectivity index is 2.70. The third-order valence-corrected chi connectivity index (χ3v) is 3.57. The molecule has 20 heavy (non-hydrogen) atoms. The Morgan fingerprint density at radius 3 is 2.30 bits per heavy atom. The number of hydrogen-bond donors (Lipinski definition) is 0. The molecule has 1 heterocycles. The SMILES string of the molecule is Cc1cc(F)ccc1-c1nc(C(C)(C)C)nc(Cl)c1C. The third-order valence-electron chi connectivity index (χ3n) is 3.20. The highest BCUT2D eigenvalue weighted by Crippen LogP contribution is 2.31. The summed E-state index contributed by atoms with van der Waals surface area (Å²) in [4.78, 5) is 9.00. The van der Waals surface area contributed by atoms with Crippen molar-refractivity contribution in [1.82, 2.24) is 9.97 Å². The molecule has 0 atom stereocenters. The zero-order chi connectivity index (χ0) is 15.1. The second-order valence-electron chi connectivity index (χ2n) is 6.02. The van der Waals surface area contributed by atoms with Gasteiger partial charge in [0.05, 0.1) is 5.69 Å². The van der Waals surface area contributed by atoms with Crippen molar-refractivity contribution in [3.05, 3.63) is 46.1 Å². The van der Waals surface area contributed by atoms with Crippen molar-refractivity contribution in [2.75, 3.05) is 0 Å². The van der Waals surface area contributed by atoms with Gasteiger partial charge in [-0.15, -0.1) is 0 Å². The first-order chi connectivity index (χ1) is 9.20. The van der Waals surface area contributed by atoms with Crippen LogP contribution >= 0.6 is 11.6 Å².